The Balaban J connectivity index is 2.18. The van der Waals surface area contributed by atoms with E-state index in [9.17, 15) is 5.11 Å². The number of hydrogen-bond acceptors (Lipinski definition) is 4. The van der Waals surface area contributed by atoms with Crippen molar-refractivity contribution in [3.8, 4) is 5.75 Å². The summed E-state index contributed by atoms with van der Waals surface area (Å²) in [4.78, 5) is 0. The zero-order valence-corrected chi connectivity index (χ0v) is 12.2. The molecule has 0 spiro atoms. The highest BCUT2D eigenvalue weighted by atomic mass is 35.5. The maximum atomic E-state index is 9.49. The number of ether oxygens (including phenoxy) is 1. The zero-order chi connectivity index (χ0) is 14.5. The summed E-state index contributed by atoms with van der Waals surface area (Å²) in [5.74, 6) is 1.45. The maximum Gasteiger partial charge on any atom is 0.123 e. The van der Waals surface area contributed by atoms with Gasteiger partial charge in [0.15, 0.2) is 0 Å². The standard InChI is InChI=1S/C15H18ClNO3/c1-10(12-8-11(16)5-6-14(12)19-2)17-13(9-18)15-4-3-7-20-15/h3-8,10,13,17-18H,9H2,1-2H3. The SMILES string of the molecule is COc1ccc(Cl)cc1C(C)NC(CO)c1ccco1. The van der Waals surface area contributed by atoms with E-state index in [1.54, 1.807) is 25.5 Å². The first-order chi connectivity index (χ1) is 9.65. The molecule has 0 amide bonds. The minimum absolute atomic E-state index is 0.0501. The van der Waals surface area contributed by atoms with E-state index < -0.39 is 0 Å². The second-order valence-electron chi connectivity index (χ2n) is 4.53. The van der Waals surface area contributed by atoms with Gasteiger partial charge >= 0.3 is 0 Å². The van der Waals surface area contributed by atoms with Gasteiger partial charge in [-0.3, -0.25) is 5.32 Å². The summed E-state index contributed by atoms with van der Waals surface area (Å²) in [6.45, 7) is 1.93. The molecule has 1 aromatic carbocycles. The molecule has 0 aliphatic heterocycles. The van der Waals surface area contributed by atoms with Crippen molar-refractivity contribution < 1.29 is 14.3 Å². The Kier molecular flexibility index (Phi) is 5.06. The van der Waals surface area contributed by atoms with Crippen LogP contribution in [0.1, 0.15) is 30.3 Å². The molecule has 5 heteroatoms. The van der Waals surface area contributed by atoms with Crippen molar-refractivity contribution in [1.29, 1.82) is 0 Å². The van der Waals surface area contributed by atoms with Gasteiger partial charge in [-0.15, -0.1) is 0 Å². The number of nitrogens with one attached hydrogen (secondary N) is 1. The zero-order valence-electron chi connectivity index (χ0n) is 11.5. The van der Waals surface area contributed by atoms with Crippen molar-refractivity contribution in [3.63, 3.8) is 0 Å². The lowest BCUT2D eigenvalue weighted by atomic mass is 10.1. The second kappa shape index (κ2) is 6.79. The van der Waals surface area contributed by atoms with Gasteiger partial charge in [0.25, 0.3) is 0 Å². The fourth-order valence-corrected chi connectivity index (χ4v) is 2.33. The molecule has 4 nitrogen and oxygen atoms in total. The number of methoxy groups -OCH3 is 1. The molecule has 0 saturated carbocycles. The van der Waals surface area contributed by atoms with E-state index in [0.717, 1.165) is 11.3 Å². The van der Waals surface area contributed by atoms with Gasteiger partial charge in [-0.1, -0.05) is 11.6 Å². The smallest absolute Gasteiger partial charge is 0.123 e. The molecule has 0 saturated heterocycles. The lowest BCUT2D eigenvalue weighted by Gasteiger charge is -2.22. The van der Waals surface area contributed by atoms with Crippen molar-refractivity contribution in [2.75, 3.05) is 13.7 Å². The first-order valence-electron chi connectivity index (χ1n) is 6.39. The molecule has 2 atom stereocenters. The molecular weight excluding hydrogens is 278 g/mol. The third kappa shape index (κ3) is 3.33. The number of furan rings is 1. The molecule has 2 unspecified atom stereocenters. The summed E-state index contributed by atoms with van der Waals surface area (Å²) < 4.78 is 10.7. The molecule has 2 rings (SSSR count). The second-order valence-corrected chi connectivity index (χ2v) is 4.96. The summed E-state index contributed by atoms with van der Waals surface area (Å²) in [7, 11) is 1.62. The summed E-state index contributed by atoms with van der Waals surface area (Å²) in [5, 5.41) is 13.4. The summed E-state index contributed by atoms with van der Waals surface area (Å²) >= 11 is 6.04. The molecule has 2 N–H and O–H groups in total. The van der Waals surface area contributed by atoms with E-state index in [1.807, 2.05) is 25.1 Å². The molecule has 0 aliphatic carbocycles. The third-order valence-electron chi connectivity index (χ3n) is 3.18. The Morgan fingerprint density at radius 3 is 2.80 bits per heavy atom. The Morgan fingerprint density at radius 1 is 1.40 bits per heavy atom. The highest BCUT2D eigenvalue weighted by Gasteiger charge is 2.19. The Morgan fingerprint density at radius 2 is 2.20 bits per heavy atom. The fourth-order valence-electron chi connectivity index (χ4n) is 2.15. The topological polar surface area (TPSA) is 54.6 Å². The Bertz CT molecular complexity index is 542. The van der Waals surface area contributed by atoms with Crippen LogP contribution in [0.25, 0.3) is 0 Å². The molecule has 0 radical (unpaired) electrons. The molecule has 0 aliphatic rings. The monoisotopic (exact) mass is 295 g/mol. The van der Waals surface area contributed by atoms with Gasteiger partial charge in [-0.25, -0.2) is 0 Å². The highest BCUT2D eigenvalue weighted by Crippen LogP contribution is 2.29. The lowest BCUT2D eigenvalue weighted by molar-refractivity contribution is 0.216. The van der Waals surface area contributed by atoms with Crippen LogP contribution in [0.4, 0.5) is 0 Å². The predicted molar refractivity (Wildman–Crippen MR) is 78.1 cm³/mol. The van der Waals surface area contributed by atoms with E-state index in [4.69, 9.17) is 20.8 Å². The van der Waals surface area contributed by atoms with Crippen molar-refractivity contribution in [2.45, 2.75) is 19.0 Å². The van der Waals surface area contributed by atoms with Crippen molar-refractivity contribution in [2.24, 2.45) is 0 Å². The van der Waals surface area contributed by atoms with E-state index in [1.165, 1.54) is 0 Å². The quantitative estimate of drug-likeness (QED) is 0.858. The highest BCUT2D eigenvalue weighted by molar-refractivity contribution is 6.30. The first-order valence-corrected chi connectivity index (χ1v) is 6.77. The van der Waals surface area contributed by atoms with Gasteiger partial charge in [0, 0.05) is 16.6 Å². The molecule has 108 valence electrons. The largest absolute Gasteiger partial charge is 0.496 e. The van der Waals surface area contributed by atoms with Crippen LogP contribution in [0.3, 0.4) is 0 Å². The van der Waals surface area contributed by atoms with E-state index >= 15 is 0 Å². The average Bonchev–Trinajstić information content (AvgIpc) is 2.98. The average molecular weight is 296 g/mol. The molecule has 2 aromatic rings. The van der Waals surface area contributed by atoms with E-state index in [-0.39, 0.29) is 18.7 Å². The Hall–Kier alpha value is -1.49. The minimum Gasteiger partial charge on any atom is -0.496 e. The van der Waals surface area contributed by atoms with Gasteiger partial charge < -0.3 is 14.3 Å². The van der Waals surface area contributed by atoms with Crippen molar-refractivity contribution in [3.05, 3.63) is 52.9 Å². The van der Waals surface area contributed by atoms with Crippen LogP contribution < -0.4 is 10.1 Å². The van der Waals surface area contributed by atoms with Crippen LogP contribution in [-0.2, 0) is 0 Å². The van der Waals surface area contributed by atoms with Gasteiger partial charge in [0.1, 0.15) is 11.5 Å². The molecule has 0 fully saturated rings. The predicted octanol–water partition coefficient (Wildman–Crippen LogP) is 3.33. The van der Waals surface area contributed by atoms with Crippen LogP contribution in [0.15, 0.2) is 41.0 Å². The van der Waals surface area contributed by atoms with Gasteiger partial charge in [0.2, 0.25) is 0 Å². The Labute approximate surface area is 123 Å². The summed E-state index contributed by atoms with van der Waals surface area (Å²) in [6, 6.07) is 8.77. The number of halogens is 1. The van der Waals surface area contributed by atoms with Crippen LogP contribution in [0.2, 0.25) is 5.02 Å². The lowest BCUT2D eigenvalue weighted by Crippen LogP contribution is -2.27. The van der Waals surface area contributed by atoms with Crippen LogP contribution in [0.5, 0.6) is 5.75 Å². The molecule has 1 aromatic heterocycles. The molecule has 0 bridgehead atoms. The van der Waals surface area contributed by atoms with E-state index in [0.29, 0.717) is 10.8 Å². The maximum absolute atomic E-state index is 9.49. The molecule has 20 heavy (non-hydrogen) atoms. The number of hydrogen-bond donors (Lipinski definition) is 2. The number of rotatable bonds is 6. The van der Waals surface area contributed by atoms with E-state index in [2.05, 4.69) is 5.32 Å². The van der Waals surface area contributed by atoms with Crippen LogP contribution >= 0.6 is 11.6 Å². The third-order valence-corrected chi connectivity index (χ3v) is 3.41. The van der Waals surface area contributed by atoms with Gasteiger partial charge in [0.05, 0.1) is 26.0 Å². The van der Waals surface area contributed by atoms with Crippen LogP contribution in [0, 0.1) is 0 Å². The summed E-state index contributed by atoms with van der Waals surface area (Å²) in [5.41, 5.74) is 0.935. The number of benzene rings is 1. The van der Waals surface area contributed by atoms with Gasteiger partial charge in [-0.05, 0) is 37.3 Å². The molecule has 1 heterocycles. The number of aliphatic hydroxyl groups is 1. The normalized spacial score (nSPS) is 14.0. The van der Waals surface area contributed by atoms with Crippen molar-refractivity contribution >= 4 is 11.6 Å². The molecular formula is C15H18ClNO3. The first kappa shape index (κ1) is 14.9. The minimum atomic E-state index is -0.274. The number of aliphatic hydroxyl groups excluding tert-OH is 1. The fraction of sp³-hybridized carbons (Fsp3) is 0.333. The van der Waals surface area contributed by atoms with Gasteiger partial charge in [-0.2, -0.15) is 0 Å². The van der Waals surface area contributed by atoms with Crippen molar-refractivity contribution in [1.82, 2.24) is 5.32 Å². The van der Waals surface area contributed by atoms with Crippen LogP contribution in [-0.4, -0.2) is 18.8 Å². The summed E-state index contributed by atoms with van der Waals surface area (Å²) in [6.07, 6.45) is 1.59.